The first-order valence-electron chi connectivity index (χ1n) is 8.48. The number of nitrogens with one attached hydrogen (secondary N) is 1. The van der Waals surface area contributed by atoms with Crippen molar-refractivity contribution in [1.29, 1.82) is 0 Å². The van der Waals surface area contributed by atoms with Crippen LogP contribution in [0.1, 0.15) is 71.6 Å². The minimum absolute atomic E-state index is 0.564. The minimum Gasteiger partial charge on any atom is -0.382 e. The Kier molecular flexibility index (Phi) is 8.72. The van der Waals surface area contributed by atoms with Crippen molar-refractivity contribution in [2.75, 3.05) is 26.8 Å². The summed E-state index contributed by atoms with van der Waals surface area (Å²) in [4.78, 5) is 0. The first-order chi connectivity index (χ1) is 9.26. The predicted octanol–water partition coefficient (Wildman–Crippen LogP) is 4.39. The van der Waals surface area contributed by atoms with Gasteiger partial charge in [0.2, 0.25) is 0 Å². The Hall–Kier alpha value is -0.0800. The Labute approximate surface area is 120 Å². The lowest BCUT2D eigenvalue weighted by Gasteiger charge is -2.40. The molecule has 2 nitrogen and oxygen atoms in total. The lowest BCUT2D eigenvalue weighted by atomic mass is 9.67. The molecule has 0 unspecified atom stereocenters. The maximum atomic E-state index is 5.50. The average Bonchev–Trinajstić information content (AvgIpc) is 2.44. The van der Waals surface area contributed by atoms with Gasteiger partial charge in [-0.25, -0.2) is 0 Å². The van der Waals surface area contributed by atoms with Gasteiger partial charge < -0.3 is 10.1 Å². The van der Waals surface area contributed by atoms with Crippen LogP contribution in [0.15, 0.2) is 0 Å². The van der Waals surface area contributed by atoms with Gasteiger partial charge in [0.1, 0.15) is 0 Å². The molecule has 0 aromatic heterocycles. The second-order valence-electron chi connectivity index (χ2n) is 6.42. The first-order valence-corrected chi connectivity index (χ1v) is 8.48. The van der Waals surface area contributed by atoms with Crippen molar-refractivity contribution in [3.05, 3.63) is 0 Å². The van der Waals surface area contributed by atoms with Gasteiger partial charge in [0, 0.05) is 19.8 Å². The van der Waals surface area contributed by atoms with E-state index in [-0.39, 0.29) is 0 Å². The molecule has 0 heterocycles. The topological polar surface area (TPSA) is 21.3 Å². The summed E-state index contributed by atoms with van der Waals surface area (Å²) in [5.41, 5.74) is 0.564. The third-order valence-corrected chi connectivity index (χ3v) is 4.88. The van der Waals surface area contributed by atoms with Gasteiger partial charge in [0.15, 0.2) is 0 Å². The van der Waals surface area contributed by atoms with Crippen LogP contribution in [0.25, 0.3) is 0 Å². The van der Waals surface area contributed by atoms with E-state index in [0.29, 0.717) is 5.41 Å². The molecule has 1 saturated carbocycles. The first kappa shape index (κ1) is 17.0. The van der Waals surface area contributed by atoms with Crippen LogP contribution in [0.5, 0.6) is 0 Å². The van der Waals surface area contributed by atoms with Gasteiger partial charge in [-0.15, -0.1) is 0 Å². The van der Waals surface area contributed by atoms with E-state index in [1.807, 2.05) is 0 Å². The van der Waals surface area contributed by atoms with Crippen molar-refractivity contribution in [1.82, 2.24) is 5.32 Å². The predicted molar refractivity (Wildman–Crippen MR) is 83.6 cm³/mol. The number of unbranched alkanes of at least 4 members (excludes halogenated alkanes) is 1. The Morgan fingerprint density at radius 2 is 1.89 bits per heavy atom. The summed E-state index contributed by atoms with van der Waals surface area (Å²) < 4.78 is 5.50. The number of hydrogen-bond acceptors (Lipinski definition) is 2. The summed E-state index contributed by atoms with van der Waals surface area (Å²) >= 11 is 0. The Bertz CT molecular complexity index is 209. The van der Waals surface area contributed by atoms with Gasteiger partial charge in [0.25, 0.3) is 0 Å². The molecule has 0 saturated heterocycles. The second-order valence-corrected chi connectivity index (χ2v) is 6.42. The zero-order valence-electron chi connectivity index (χ0n) is 13.5. The smallest absolute Gasteiger partial charge is 0.0466 e. The van der Waals surface area contributed by atoms with Crippen LogP contribution in [0.4, 0.5) is 0 Å². The molecule has 0 aromatic carbocycles. The van der Waals surface area contributed by atoms with Crippen LogP contribution in [-0.4, -0.2) is 26.8 Å². The van der Waals surface area contributed by atoms with E-state index in [9.17, 15) is 0 Å². The molecule has 1 aliphatic rings. The number of hydrogen-bond donors (Lipinski definition) is 1. The van der Waals surface area contributed by atoms with E-state index in [1.54, 1.807) is 0 Å². The molecule has 1 aliphatic carbocycles. The largest absolute Gasteiger partial charge is 0.382 e. The van der Waals surface area contributed by atoms with Gasteiger partial charge >= 0.3 is 0 Å². The summed E-state index contributed by atoms with van der Waals surface area (Å²) in [5, 5.41) is 3.44. The van der Waals surface area contributed by atoms with Crippen LogP contribution in [-0.2, 0) is 4.74 Å². The lowest BCUT2D eigenvalue weighted by molar-refractivity contribution is 0.0955. The van der Waals surface area contributed by atoms with E-state index in [2.05, 4.69) is 26.2 Å². The summed E-state index contributed by atoms with van der Waals surface area (Å²) in [6, 6.07) is 0. The summed E-state index contributed by atoms with van der Waals surface area (Å²) in [6.07, 6.45) is 12.6. The molecule has 114 valence electrons. The van der Waals surface area contributed by atoms with Crippen molar-refractivity contribution >= 4 is 0 Å². The van der Waals surface area contributed by atoms with Crippen molar-refractivity contribution in [3.63, 3.8) is 0 Å². The second kappa shape index (κ2) is 9.77. The molecular weight excluding hydrogens is 234 g/mol. The third-order valence-electron chi connectivity index (χ3n) is 4.88. The SMILES string of the molecule is CCCCC1CCC(CCCOCC)(CNC)CC1. The monoisotopic (exact) mass is 269 g/mol. The fourth-order valence-corrected chi connectivity index (χ4v) is 3.66. The zero-order valence-corrected chi connectivity index (χ0v) is 13.5. The lowest BCUT2D eigenvalue weighted by Crippen LogP contribution is -2.36. The van der Waals surface area contributed by atoms with Gasteiger partial charge in [0.05, 0.1) is 0 Å². The highest BCUT2D eigenvalue weighted by Crippen LogP contribution is 2.43. The summed E-state index contributed by atoms with van der Waals surface area (Å²) in [5.74, 6) is 1.01. The molecule has 0 bridgehead atoms. The normalized spacial score (nSPS) is 27.6. The van der Waals surface area contributed by atoms with Crippen LogP contribution in [0.2, 0.25) is 0 Å². The fraction of sp³-hybridized carbons (Fsp3) is 1.00. The third kappa shape index (κ3) is 6.27. The summed E-state index contributed by atoms with van der Waals surface area (Å²) in [6.45, 7) is 7.39. The van der Waals surface area contributed by atoms with E-state index in [1.165, 1.54) is 64.3 Å². The van der Waals surface area contributed by atoms with Gasteiger partial charge in [-0.05, 0) is 63.8 Å². The van der Waals surface area contributed by atoms with Crippen LogP contribution in [0, 0.1) is 11.3 Å². The molecule has 0 spiro atoms. The van der Waals surface area contributed by atoms with Gasteiger partial charge in [-0.3, -0.25) is 0 Å². The highest BCUT2D eigenvalue weighted by molar-refractivity contribution is 4.87. The minimum atomic E-state index is 0.564. The molecule has 19 heavy (non-hydrogen) atoms. The van der Waals surface area contributed by atoms with Crippen LogP contribution < -0.4 is 5.32 Å². The van der Waals surface area contributed by atoms with Gasteiger partial charge in [-0.1, -0.05) is 26.2 Å². The number of rotatable bonds is 10. The molecule has 0 aliphatic heterocycles. The summed E-state index contributed by atoms with van der Waals surface area (Å²) in [7, 11) is 2.10. The molecule has 0 atom stereocenters. The Morgan fingerprint density at radius 3 is 2.47 bits per heavy atom. The maximum Gasteiger partial charge on any atom is 0.0466 e. The number of ether oxygens (including phenoxy) is 1. The van der Waals surface area contributed by atoms with E-state index < -0.39 is 0 Å². The van der Waals surface area contributed by atoms with E-state index in [4.69, 9.17) is 4.74 Å². The fourth-order valence-electron chi connectivity index (χ4n) is 3.66. The molecule has 1 rings (SSSR count). The molecule has 1 N–H and O–H groups in total. The molecule has 0 radical (unpaired) electrons. The quantitative estimate of drug-likeness (QED) is 0.594. The van der Waals surface area contributed by atoms with Crippen molar-refractivity contribution in [3.8, 4) is 0 Å². The molecule has 1 fully saturated rings. The van der Waals surface area contributed by atoms with Crippen molar-refractivity contribution < 1.29 is 4.74 Å². The molecule has 2 heteroatoms. The highest BCUT2D eigenvalue weighted by Gasteiger charge is 2.33. The highest BCUT2D eigenvalue weighted by atomic mass is 16.5. The average molecular weight is 269 g/mol. The van der Waals surface area contributed by atoms with E-state index in [0.717, 1.165) is 19.1 Å². The molecule has 0 amide bonds. The zero-order chi connectivity index (χ0) is 14.0. The van der Waals surface area contributed by atoms with Crippen LogP contribution >= 0.6 is 0 Å². The molecular formula is C17H35NO. The maximum absolute atomic E-state index is 5.50. The Morgan fingerprint density at radius 1 is 1.16 bits per heavy atom. The van der Waals surface area contributed by atoms with Gasteiger partial charge in [-0.2, -0.15) is 0 Å². The standard InChI is InChI=1S/C17H35NO/c1-4-6-8-16-9-12-17(13-10-16,15-18-3)11-7-14-19-5-2/h16,18H,4-15H2,1-3H3. The Balaban J connectivity index is 2.33. The van der Waals surface area contributed by atoms with Crippen LogP contribution in [0.3, 0.4) is 0 Å². The van der Waals surface area contributed by atoms with Crippen molar-refractivity contribution in [2.45, 2.75) is 71.6 Å². The van der Waals surface area contributed by atoms with Crippen molar-refractivity contribution in [2.24, 2.45) is 11.3 Å². The van der Waals surface area contributed by atoms with E-state index >= 15 is 0 Å². The molecule has 0 aromatic rings.